The van der Waals surface area contributed by atoms with Gasteiger partial charge in [0.05, 0.1) is 0 Å². The first-order valence-corrected chi connectivity index (χ1v) is 12.4. The third-order valence-electron chi connectivity index (χ3n) is 1.12. The molecular weight excluding hydrogens is 323 g/mol. The van der Waals surface area contributed by atoms with E-state index in [0.717, 1.165) is 13.1 Å². The van der Waals surface area contributed by atoms with Crippen molar-refractivity contribution in [1.82, 2.24) is 0 Å². The quantitative estimate of drug-likeness (QED) is 0.684. The van der Waals surface area contributed by atoms with Crippen molar-refractivity contribution in [3.8, 4) is 0 Å². The molecule has 0 aliphatic carbocycles. The Kier molecular flexibility index (Phi) is 14.7. The summed E-state index contributed by atoms with van der Waals surface area (Å²) in [6.07, 6.45) is 0. The van der Waals surface area contributed by atoms with Gasteiger partial charge in [0.15, 0.2) is 0 Å². The standard InChI is InChI=1S/C6H18NSi2.C4H10N.Sn/c1-8(2,3)7-9(4,5)6;1-3-5-4-2;/h1-6H3;3-4H2,1-2H3;/q2*-1;+2. The third-order valence-corrected chi connectivity index (χ3v) is 6.48. The smallest absolute Gasteiger partial charge is 0.668 e. The fraction of sp³-hybridized carbons (Fsp3) is 1.00. The number of hydrogen-bond donors (Lipinski definition) is 0. The zero-order valence-electron chi connectivity index (χ0n) is 11.8. The average Bonchev–Trinajstić information content (AvgIpc) is 1.81. The van der Waals surface area contributed by atoms with Crippen molar-refractivity contribution in [1.29, 1.82) is 0 Å². The zero-order chi connectivity index (χ0) is 11.8. The van der Waals surface area contributed by atoms with Crippen molar-refractivity contribution in [2.24, 2.45) is 0 Å². The van der Waals surface area contributed by atoms with E-state index in [1.807, 2.05) is 13.8 Å². The molecule has 0 atom stereocenters. The second-order valence-electron chi connectivity index (χ2n) is 5.31. The van der Waals surface area contributed by atoms with Crippen LogP contribution < -0.4 is 0 Å². The van der Waals surface area contributed by atoms with Crippen LogP contribution >= 0.6 is 0 Å². The predicted molar refractivity (Wildman–Crippen MR) is 80.2 cm³/mol. The fourth-order valence-electron chi connectivity index (χ4n) is 1.23. The van der Waals surface area contributed by atoms with Crippen molar-refractivity contribution in [2.75, 3.05) is 13.1 Å². The molecule has 2 radical (unpaired) electrons. The maximum atomic E-state index is 4.82. The van der Waals surface area contributed by atoms with Crippen molar-refractivity contribution >= 4 is 40.4 Å². The van der Waals surface area contributed by atoms with Crippen molar-refractivity contribution in [3.05, 3.63) is 9.96 Å². The summed E-state index contributed by atoms with van der Waals surface area (Å²) < 4.78 is 4.82. The summed E-state index contributed by atoms with van der Waals surface area (Å²) >= 11 is 0. The molecule has 0 aromatic heterocycles. The number of hydrogen-bond acceptors (Lipinski definition) is 0. The van der Waals surface area contributed by atoms with E-state index in [9.17, 15) is 0 Å². The summed E-state index contributed by atoms with van der Waals surface area (Å²) in [7, 11) is -2.21. The molecule has 0 aromatic carbocycles. The normalized spacial score (nSPS) is 11.2. The van der Waals surface area contributed by atoms with Crippen LogP contribution in [-0.4, -0.2) is 53.5 Å². The number of nitrogens with zero attached hydrogens (tertiary/aromatic N) is 2. The molecule has 0 spiro atoms. The van der Waals surface area contributed by atoms with Gasteiger partial charge in [0.2, 0.25) is 0 Å². The second-order valence-corrected chi connectivity index (χ2v) is 14.9. The average molecular weight is 351 g/mol. The summed E-state index contributed by atoms with van der Waals surface area (Å²) in [5, 5.41) is 3.97. The maximum Gasteiger partial charge on any atom is 2.00 e. The first kappa shape index (κ1) is 21.4. The summed E-state index contributed by atoms with van der Waals surface area (Å²) in [5.74, 6) is 0. The predicted octanol–water partition coefficient (Wildman–Crippen LogP) is 4.05. The van der Waals surface area contributed by atoms with Gasteiger partial charge in [-0.05, 0) is 0 Å². The van der Waals surface area contributed by atoms with Gasteiger partial charge in [-0.2, -0.15) is 13.1 Å². The zero-order valence-corrected chi connectivity index (χ0v) is 16.7. The Bertz CT molecular complexity index is 116. The van der Waals surface area contributed by atoms with Crippen LogP contribution in [0.4, 0.5) is 0 Å². The van der Waals surface area contributed by atoms with Gasteiger partial charge in [-0.1, -0.05) is 69.6 Å². The minimum Gasteiger partial charge on any atom is -0.668 e. The molecule has 0 N–H and O–H groups in total. The van der Waals surface area contributed by atoms with Crippen LogP contribution in [0.3, 0.4) is 0 Å². The molecule has 0 fully saturated rings. The Labute approximate surface area is 116 Å². The van der Waals surface area contributed by atoms with E-state index in [-0.39, 0.29) is 23.9 Å². The Morgan fingerprint density at radius 3 is 1.00 bits per heavy atom. The van der Waals surface area contributed by atoms with Gasteiger partial charge in [-0.15, -0.1) is 0 Å². The minimum absolute atomic E-state index is 0. The van der Waals surface area contributed by atoms with Gasteiger partial charge < -0.3 is 9.96 Å². The molecular formula is C10H28N2Si2Sn. The van der Waals surface area contributed by atoms with E-state index in [1.165, 1.54) is 0 Å². The van der Waals surface area contributed by atoms with E-state index in [4.69, 9.17) is 4.65 Å². The van der Waals surface area contributed by atoms with Crippen LogP contribution in [0.2, 0.25) is 39.3 Å². The molecule has 0 saturated heterocycles. The van der Waals surface area contributed by atoms with Crippen molar-refractivity contribution in [3.63, 3.8) is 0 Å². The van der Waals surface area contributed by atoms with Crippen LogP contribution in [-0.2, 0) is 0 Å². The summed E-state index contributed by atoms with van der Waals surface area (Å²) in [5.41, 5.74) is 0. The Morgan fingerprint density at radius 1 is 0.733 bits per heavy atom. The molecule has 0 aliphatic heterocycles. The molecule has 2 nitrogen and oxygen atoms in total. The number of rotatable bonds is 4. The van der Waals surface area contributed by atoms with Crippen LogP contribution in [0.15, 0.2) is 0 Å². The second kappa shape index (κ2) is 10.3. The largest absolute Gasteiger partial charge is 2.00 e. The van der Waals surface area contributed by atoms with Crippen LogP contribution in [0.25, 0.3) is 9.96 Å². The molecule has 0 saturated carbocycles. The van der Waals surface area contributed by atoms with Gasteiger partial charge >= 0.3 is 23.9 Å². The van der Waals surface area contributed by atoms with Gasteiger partial charge in [-0.25, -0.2) is 0 Å². The molecule has 15 heavy (non-hydrogen) atoms. The van der Waals surface area contributed by atoms with E-state index in [1.54, 1.807) is 0 Å². The Balaban J connectivity index is -0.000000208. The van der Waals surface area contributed by atoms with Crippen molar-refractivity contribution < 1.29 is 0 Å². The van der Waals surface area contributed by atoms with Crippen LogP contribution in [0.5, 0.6) is 0 Å². The molecule has 0 bridgehead atoms. The van der Waals surface area contributed by atoms with E-state index >= 15 is 0 Å². The molecule has 0 aromatic rings. The van der Waals surface area contributed by atoms with Crippen LogP contribution in [0.1, 0.15) is 13.8 Å². The molecule has 5 heteroatoms. The molecule has 0 heterocycles. The summed E-state index contributed by atoms with van der Waals surface area (Å²) in [6, 6.07) is 0. The molecule has 0 unspecified atom stereocenters. The van der Waals surface area contributed by atoms with E-state index < -0.39 is 16.5 Å². The monoisotopic (exact) mass is 352 g/mol. The third kappa shape index (κ3) is 31.3. The summed E-state index contributed by atoms with van der Waals surface area (Å²) in [6.45, 7) is 19.8. The van der Waals surface area contributed by atoms with Crippen molar-refractivity contribution in [2.45, 2.75) is 53.1 Å². The Morgan fingerprint density at radius 2 is 1.00 bits per heavy atom. The van der Waals surface area contributed by atoms with E-state index in [2.05, 4.69) is 44.6 Å². The van der Waals surface area contributed by atoms with Gasteiger partial charge in [0.1, 0.15) is 0 Å². The minimum atomic E-state index is -1.11. The van der Waals surface area contributed by atoms with Gasteiger partial charge in [0, 0.05) is 0 Å². The fourth-order valence-corrected chi connectivity index (χ4v) is 9.28. The van der Waals surface area contributed by atoms with Gasteiger partial charge in [-0.3, -0.25) is 0 Å². The molecule has 90 valence electrons. The molecule has 0 amide bonds. The maximum absolute atomic E-state index is 4.82. The first-order valence-electron chi connectivity index (χ1n) is 5.49. The van der Waals surface area contributed by atoms with Crippen LogP contribution in [0, 0.1) is 0 Å². The molecule has 0 aliphatic rings. The molecule has 0 rings (SSSR count). The SMILES string of the molecule is CC[N-]CC.C[Si](C)(C)[N-][Si](C)(C)C.[Sn+2]. The van der Waals surface area contributed by atoms with E-state index in [0.29, 0.717) is 0 Å². The first-order chi connectivity index (χ1) is 6.12. The summed E-state index contributed by atoms with van der Waals surface area (Å²) in [4.78, 5) is 0. The Hall–Kier alpha value is 1.15. The van der Waals surface area contributed by atoms with Gasteiger partial charge in [0.25, 0.3) is 0 Å². The topological polar surface area (TPSA) is 28.2 Å².